The Labute approximate surface area is 152 Å². The van der Waals surface area contributed by atoms with Gasteiger partial charge >= 0.3 is 0 Å². The largest absolute Gasteiger partial charge is 0.356 e. The van der Waals surface area contributed by atoms with Crippen molar-refractivity contribution in [1.29, 1.82) is 0 Å². The molecule has 0 atom stereocenters. The lowest BCUT2D eigenvalue weighted by molar-refractivity contribution is 0.464. The van der Waals surface area contributed by atoms with Crippen molar-refractivity contribution >= 4 is 17.3 Å². The second-order valence-electron chi connectivity index (χ2n) is 5.77. The Morgan fingerprint density at radius 1 is 1.24 bits per heavy atom. The third-order valence-electron chi connectivity index (χ3n) is 3.91. The highest BCUT2D eigenvalue weighted by Gasteiger charge is 2.09. The number of aliphatic imine (C=N–C) groups is 1. The fourth-order valence-corrected chi connectivity index (χ4v) is 3.35. The first-order chi connectivity index (χ1) is 12.3. The number of rotatable bonds is 6. The number of hydrogen-bond donors (Lipinski definition) is 2. The number of hydrogen-bond acceptors (Lipinski definition) is 3. The molecular formula is C19H23N5S. The van der Waals surface area contributed by atoms with Gasteiger partial charge < -0.3 is 15.2 Å². The topological polar surface area (TPSA) is 56.3 Å². The maximum Gasteiger partial charge on any atom is 0.193 e. The summed E-state index contributed by atoms with van der Waals surface area (Å²) >= 11 is 1.79. The van der Waals surface area contributed by atoms with Crippen LogP contribution in [-0.4, -0.2) is 41.5 Å². The van der Waals surface area contributed by atoms with Crippen LogP contribution in [0.4, 0.5) is 0 Å². The zero-order valence-corrected chi connectivity index (χ0v) is 15.4. The van der Waals surface area contributed by atoms with Crippen LogP contribution < -0.4 is 5.32 Å². The van der Waals surface area contributed by atoms with Gasteiger partial charge in [0, 0.05) is 25.5 Å². The number of H-pyrrole nitrogens is 1. The van der Waals surface area contributed by atoms with Gasteiger partial charge in [0.15, 0.2) is 5.96 Å². The average molecular weight is 353 g/mol. The summed E-state index contributed by atoms with van der Waals surface area (Å²) in [5, 5.41) is 5.52. The molecule has 0 radical (unpaired) electrons. The summed E-state index contributed by atoms with van der Waals surface area (Å²) in [6.45, 7) is 1.54. The summed E-state index contributed by atoms with van der Waals surface area (Å²) in [6, 6.07) is 14.5. The van der Waals surface area contributed by atoms with Crippen molar-refractivity contribution in [3.05, 3.63) is 64.7 Å². The van der Waals surface area contributed by atoms with Crippen molar-refractivity contribution < 1.29 is 0 Å². The fraction of sp³-hybridized carbons (Fsp3) is 0.263. The number of thiophene rings is 1. The van der Waals surface area contributed by atoms with E-state index in [1.807, 2.05) is 38.5 Å². The van der Waals surface area contributed by atoms with E-state index in [1.165, 1.54) is 4.88 Å². The Bertz CT molecular complexity index is 792. The van der Waals surface area contributed by atoms with Crippen LogP contribution in [0.1, 0.15) is 10.7 Å². The molecule has 0 aliphatic heterocycles. The average Bonchev–Trinajstić information content (AvgIpc) is 3.31. The molecule has 6 heteroatoms. The number of benzene rings is 1. The number of imidazole rings is 1. The summed E-state index contributed by atoms with van der Waals surface area (Å²) < 4.78 is 0. The van der Waals surface area contributed by atoms with Crippen LogP contribution in [0.25, 0.3) is 11.3 Å². The lowest BCUT2D eigenvalue weighted by Gasteiger charge is -2.21. The zero-order chi connectivity index (χ0) is 17.5. The van der Waals surface area contributed by atoms with Crippen LogP contribution in [-0.2, 0) is 13.0 Å². The number of nitrogens with zero attached hydrogens (tertiary/aromatic N) is 3. The molecule has 2 heterocycles. The van der Waals surface area contributed by atoms with Crippen molar-refractivity contribution in [2.75, 3.05) is 20.6 Å². The highest BCUT2D eigenvalue weighted by Crippen LogP contribution is 2.16. The van der Waals surface area contributed by atoms with Crippen LogP contribution in [0.5, 0.6) is 0 Å². The van der Waals surface area contributed by atoms with Gasteiger partial charge in [0.05, 0.1) is 18.4 Å². The van der Waals surface area contributed by atoms with Gasteiger partial charge in [-0.25, -0.2) is 4.98 Å². The summed E-state index contributed by atoms with van der Waals surface area (Å²) in [4.78, 5) is 15.7. The molecule has 0 saturated heterocycles. The minimum Gasteiger partial charge on any atom is -0.356 e. The second kappa shape index (κ2) is 8.48. The first-order valence-electron chi connectivity index (χ1n) is 8.29. The van der Waals surface area contributed by atoms with E-state index in [0.717, 1.165) is 36.0 Å². The molecule has 0 fully saturated rings. The zero-order valence-electron chi connectivity index (χ0n) is 14.6. The molecule has 0 spiro atoms. The van der Waals surface area contributed by atoms with E-state index in [1.54, 1.807) is 11.3 Å². The molecule has 130 valence electrons. The minimum atomic E-state index is 0.672. The number of aromatic nitrogens is 2. The van der Waals surface area contributed by atoms with Crippen molar-refractivity contribution in [1.82, 2.24) is 20.2 Å². The van der Waals surface area contributed by atoms with Crippen molar-refractivity contribution in [2.24, 2.45) is 4.99 Å². The quantitative estimate of drug-likeness (QED) is 0.528. The maximum atomic E-state index is 4.49. The second-order valence-corrected chi connectivity index (χ2v) is 6.80. The molecule has 5 nitrogen and oxygen atoms in total. The van der Waals surface area contributed by atoms with E-state index in [4.69, 9.17) is 0 Å². The normalized spacial score (nSPS) is 11.5. The molecule has 0 saturated carbocycles. The van der Waals surface area contributed by atoms with E-state index in [2.05, 4.69) is 54.8 Å². The van der Waals surface area contributed by atoms with Crippen LogP contribution in [0.15, 0.2) is 59.0 Å². The van der Waals surface area contributed by atoms with Gasteiger partial charge in [-0.3, -0.25) is 4.99 Å². The van der Waals surface area contributed by atoms with Gasteiger partial charge in [0.2, 0.25) is 0 Å². The van der Waals surface area contributed by atoms with Crippen LogP contribution in [0.3, 0.4) is 0 Å². The smallest absolute Gasteiger partial charge is 0.193 e. The highest BCUT2D eigenvalue weighted by atomic mass is 32.1. The van der Waals surface area contributed by atoms with Crippen LogP contribution in [0.2, 0.25) is 0 Å². The van der Waals surface area contributed by atoms with E-state index in [0.29, 0.717) is 6.54 Å². The lowest BCUT2D eigenvalue weighted by atomic mass is 10.2. The number of aromatic amines is 1. The Morgan fingerprint density at radius 3 is 2.80 bits per heavy atom. The predicted octanol–water partition coefficient (Wildman–Crippen LogP) is 3.39. The van der Waals surface area contributed by atoms with Gasteiger partial charge in [0.25, 0.3) is 0 Å². The molecule has 25 heavy (non-hydrogen) atoms. The van der Waals surface area contributed by atoms with Crippen LogP contribution >= 0.6 is 11.3 Å². The number of guanidine groups is 1. The molecule has 2 N–H and O–H groups in total. The molecule has 3 rings (SSSR count). The van der Waals surface area contributed by atoms with Crippen molar-refractivity contribution in [2.45, 2.75) is 13.0 Å². The van der Waals surface area contributed by atoms with Gasteiger partial charge in [-0.1, -0.05) is 36.4 Å². The molecule has 2 aromatic heterocycles. The fourth-order valence-electron chi connectivity index (χ4n) is 2.64. The van der Waals surface area contributed by atoms with E-state index in [9.17, 15) is 0 Å². The first-order valence-corrected chi connectivity index (χ1v) is 9.17. The molecular weight excluding hydrogens is 330 g/mol. The Balaban J connectivity index is 1.55. The predicted molar refractivity (Wildman–Crippen MR) is 105 cm³/mol. The maximum absolute atomic E-state index is 4.49. The Kier molecular flexibility index (Phi) is 5.85. The minimum absolute atomic E-state index is 0.672. The number of nitrogens with one attached hydrogen (secondary N) is 2. The standard InChI is InChI=1S/C19H23N5S/c1-20-19(21-11-10-16-9-6-12-25-16)24(2)14-18-22-13-17(23-18)15-7-4-3-5-8-15/h3-9,12-13H,10-11,14H2,1-2H3,(H,20,21)(H,22,23). The lowest BCUT2D eigenvalue weighted by Crippen LogP contribution is -2.39. The molecule has 0 amide bonds. The van der Waals surface area contributed by atoms with Crippen molar-refractivity contribution in [3.63, 3.8) is 0 Å². The Morgan fingerprint density at radius 2 is 2.08 bits per heavy atom. The third kappa shape index (κ3) is 4.70. The third-order valence-corrected chi connectivity index (χ3v) is 4.84. The molecule has 3 aromatic rings. The van der Waals surface area contributed by atoms with Crippen LogP contribution in [0, 0.1) is 0 Å². The molecule has 0 aliphatic carbocycles. The van der Waals surface area contributed by atoms with Crippen molar-refractivity contribution in [3.8, 4) is 11.3 Å². The molecule has 0 aliphatic rings. The van der Waals surface area contributed by atoms with Gasteiger partial charge in [-0.15, -0.1) is 11.3 Å². The Hall–Kier alpha value is -2.60. The molecule has 0 unspecified atom stereocenters. The summed E-state index contributed by atoms with van der Waals surface area (Å²) in [7, 11) is 3.83. The van der Waals surface area contributed by atoms with E-state index >= 15 is 0 Å². The molecule has 0 bridgehead atoms. The monoisotopic (exact) mass is 353 g/mol. The first kappa shape index (κ1) is 17.2. The van der Waals surface area contributed by atoms with E-state index < -0.39 is 0 Å². The summed E-state index contributed by atoms with van der Waals surface area (Å²) in [6.07, 6.45) is 2.88. The van der Waals surface area contributed by atoms with Gasteiger partial charge in [-0.05, 0) is 23.4 Å². The summed E-state index contributed by atoms with van der Waals surface area (Å²) in [5.41, 5.74) is 2.17. The van der Waals surface area contributed by atoms with E-state index in [-0.39, 0.29) is 0 Å². The highest BCUT2D eigenvalue weighted by molar-refractivity contribution is 7.09. The van der Waals surface area contributed by atoms with Gasteiger partial charge in [0.1, 0.15) is 5.82 Å². The summed E-state index contributed by atoms with van der Waals surface area (Å²) in [5.74, 6) is 1.79. The molecule has 1 aromatic carbocycles. The van der Waals surface area contributed by atoms with Gasteiger partial charge in [-0.2, -0.15) is 0 Å². The SMILES string of the molecule is CN=C(NCCc1cccs1)N(C)Cc1ncc(-c2ccccc2)[nH]1.